The van der Waals surface area contributed by atoms with Gasteiger partial charge in [0.1, 0.15) is 5.82 Å². The number of aromatic amines is 1. The first kappa shape index (κ1) is 12.9. The van der Waals surface area contributed by atoms with Crippen LogP contribution < -0.4 is 0 Å². The van der Waals surface area contributed by atoms with Crippen LogP contribution in [-0.2, 0) is 5.41 Å². The van der Waals surface area contributed by atoms with Crippen LogP contribution in [0.1, 0.15) is 26.5 Å². The van der Waals surface area contributed by atoms with Gasteiger partial charge in [-0.15, -0.1) is 0 Å². The smallest absolute Gasteiger partial charge is 0.131 e. The molecule has 1 N–H and O–H groups in total. The van der Waals surface area contributed by atoms with Gasteiger partial charge in [-0.25, -0.2) is 4.39 Å². The minimum atomic E-state index is -0.188. The van der Waals surface area contributed by atoms with E-state index in [4.69, 9.17) is 0 Å². The Labute approximate surface area is 118 Å². The summed E-state index contributed by atoms with van der Waals surface area (Å²) in [5.74, 6) is -0.188. The van der Waals surface area contributed by atoms with Gasteiger partial charge in [0.15, 0.2) is 0 Å². The Balaban J connectivity index is 2.27. The highest BCUT2D eigenvalue weighted by atomic mass is 19.1. The monoisotopic (exact) mass is 267 g/mol. The number of nitrogens with one attached hydrogen (secondary N) is 1. The summed E-state index contributed by atoms with van der Waals surface area (Å²) < 4.78 is 14.0. The lowest BCUT2D eigenvalue weighted by molar-refractivity contribution is 0.574. The first-order valence-electron chi connectivity index (χ1n) is 6.84. The Morgan fingerprint density at radius 1 is 0.900 bits per heavy atom. The second kappa shape index (κ2) is 4.48. The SMILES string of the molecule is CC(C)(C)c1cc2cccc(-c3ccccc3F)c2[nH]1. The van der Waals surface area contributed by atoms with Gasteiger partial charge in [-0.2, -0.15) is 0 Å². The number of halogens is 1. The van der Waals surface area contributed by atoms with E-state index in [9.17, 15) is 4.39 Å². The molecule has 0 saturated heterocycles. The molecule has 0 aliphatic rings. The maximum atomic E-state index is 14.0. The van der Waals surface area contributed by atoms with Crippen LogP contribution in [0, 0.1) is 5.82 Å². The van der Waals surface area contributed by atoms with Gasteiger partial charge in [-0.1, -0.05) is 57.2 Å². The van der Waals surface area contributed by atoms with Crippen molar-refractivity contribution in [2.75, 3.05) is 0 Å². The zero-order chi connectivity index (χ0) is 14.3. The van der Waals surface area contributed by atoms with Crippen LogP contribution in [0.3, 0.4) is 0 Å². The Morgan fingerprint density at radius 2 is 1.60 bits per heavy atom. The molecule has 1 nitrogen and oxygen atoms in total. The van der Waals surface area contributed by atoms with Crippen molar-refractivity contribution in [3.05, 3.63) is 60.0 Å². The molecule has 3 aromatic rings. The summed E-state index contributed by atoms with van der Waals surface area (Å²) in [4.78, 5) is 3.46. The van der Waals surface area contributed by atoms with Crippen LogP contribution in [0.25, 0.3) is 22.0 Å². The Hall–Kier alpha value is -2.09. The molecule has 2 aromatic carbocycles. The fraction of sp³-hybridized carbons (Fsp3) is 0.222. The van der Waals surface area contributed by atoms with E-state index < -0.39 is 0 Å². The van der Waals surface area contributed by atoms with Crippen LogP contribution >= 0.6 is 0 Å². The highest BCUT2D eigenvalue weighted by Crippen LogP contribution is 2.33. The van der Waals surface area contributed by atoms with Crippen LogP contribution in [0.4, 0.5) is 4.39 Å². The molecule has 0 saturated carbocycles. The summed E-state index contributed by atoms with van der Waals surface area (Å²) in [5.41, 5.74) is 3.77. The highest BCUT2D eigenvalue weighted by Gasteiger charge is 2.18. The molecule has 0 atom stereocenters. The summed E-state index contributed by atoms with van der Waals surface area (Å²) in [6, 6.07) is 15.1. The predicted octanol–water partition coefficient (Wildman–Crippen LogP) is 5.27. The minimum Gasteiger partial charge on any atom is -0.357 e. The molecule has 2 heteroatoms. The van der Waals surface area contributed by atoms with Crippen LogP contribution in [0.2, 0.25) is 0 Å². The molecule has 1 heterocycles. The van der Waals surface area contributed by atoms with E-state index >= 15 is 0 Å². The normalized spacial score (nSPS) is 12.0. The van der Waals surface area contributed by atoms with Crippen molar-refractivity contribution < 1.29 is 4.39 Å². The summed E-state index contributed by atoms with van der Waals surface area (Å²) in [7, 11) is 0. The van der Waals surface area contributed by atoms with Crippen molar-refractivity contribution in [1.82, 2.24) is 4.98 Å². The molecule has 0 unspecified atom stereocenters. The fourth-order valence-electron chi connectivity index (χ4n) is 2.46. The van der Waals surface area contributed by atoms with Crippen molar-refractivity contribution >= 4 is 10.9 Å². The van der Waals surface area contributed by atoms with Crippen molar-refractivity contribution in [2.24, 2.45) is 0 Å². The molecule has 0 aliphatic carbocycles. The van der Waals surface area contributed by atoms with E-state index in [0.29, 0.717) is 5.56 Å². The van der Waals surface area contributed by atoms with Gasteiger partial charge in [0.05, 0.1) is 5.52 Å². The topological polar surface area (TPSA) is 15.8 Å². The van der Waals surface area contributed by atoms with Gasteiger partial charge in [-0.3, -0.25) is 0 Å². The van der Waals surface area contributed by atoms with Gasteiger partial charge in [-0.05, 0) is 12.1 Å². The van der Waals surface area contributed by atoms with E-state index in [1.165, 1.54) is 6.07 Å². The molecule has 0 spiro atoms. The second-order valence-corrected chi connectivity index (χ2v) is 6.18. The Morgan fingerprint density at radius 3 is 2.30 bits per heavy atom. The van der Waals surface area contributed by atoms with Crippen LogP contribution in [-0.4, -0.2) is 4.98 Å². The lowest BCUT2D eigenvalue weighted by Crippen LogP contribution is -2.11. The largest absolute Gasteiger partial charge is 0.357 e. The molecule has 0 fully saturated rings. The van der Waals surface area contributed by atoms with Crippen LogP contribution in [0.5, 0.6) is 0 Å². The van der Waals surface area contributed by atoms with Gasteiger partial charge in [0, 0.05) is 27.6 Å². The lowest BCUT2D eigenvalue weighted by Gasteiger charge is -2.15. The summed E-state index contributed by atoms with van der Waals surface area (Å²) in [6.07, 6.45) is 0. The first-order chi connectivity index (χ1) is 9.47. The Kier molecular flexibility index (Phi) is 2.89. The van der Waals surface area contributed by atoms with Crippen molar-refractivity contribution in [1.29, 1.82) is 0 Å². The van der Waals surface area contributed by atoms with E-state index in [1.807, 2.05) is 24.3 Å². The maximum absolute atomic E-state index is 14.0. The zero-order valence-electron chi connectivity index (χ0n) is 12.0. The molecular weight excluding hydrogens is 249 g/mol. The molecule has 0 radical (unpaired) electrons. The predicted molar refractivity (Wildman–Crippen MR) is 82.4 cm³/mol. The number of aromatic nitrogens is 1. The molecule has 0 aliphatic heterocycles. The van der Waals surface area contributed by atoms with Gasteiger partial charge < -0.3 is 4.98 Å². The molecule has 0 bridgehead atoms. The number of hydrogen-bond acceptors (Lipinski definition) is 0. The van der Waals surface area contributed by atoms with E-state index in [0.717, 1.165) is 22.2 Å². The van der Waals surface area contributed by atoms with Gasteiger partial charge >= 0.3 is 0 Å². The molecule has 1 aromatic heterocycles. The Bertz CT molecular complexity index is 762. The number of fused-ring (bicyclic) bond motifs is 1. The number of rotatable bonds is 1. The maximum Gasteiger partial charge on any atom is 0.131 e. The van der Waals surface area contributed by atoms with Crippen molar-refractivity contribution in [2.45, 2.75) is 26.2 Å². The van der Waals surface area contributed by atoms with E-state index in [1.54, 1.807) is 6.07 Å². The minimum absolute atomic E-state index is 0.0471. The standard InChI is InChI=1S/C18H18FN/c1-18(2,3)16-11-12-7-6-9-14(17(12)20-16)13-8-4-5-10-15(13)19/h4-11,20H,1-3H3. The first-order valence-corrected chi connectivity index (χ1v) is 6.84. The number of hydrogen-bond donors (Lipinski definition) is 1. The zero-order valence-corrected chi connectivity index (χ0v) is 12.0. The third-order valence-electron chi connectivity index (χ3n) is 3.63. The molecular formula is C18H18FN. The van der Waals surface area contributed by atoms with E-state index in [-0.39, 0.29) is 11.2 Å². The average Bonchev–Trinajstić information content (AvgIpc) is 2.83. The van der Waals surface area contributed by atoms with Crippen LogP contribution in [0.15, 0.2) is 48.5 Å². The third-order valence-corrected chi connectivity index (χ3v) is 3.63. The summed E-state index contributed by atoms with van der Waals surface area (Å²) in [5, 5.41) is 1.12. The number of para-hydroxylation sites is 1. The second-order valence-electron chi connectivity index (χ2n) is 6.18. The number of H-pyrrole nitrogens is 1. The third kappa shape index (κ3) is 2.11. The number of benzene rings is 2. The van der Waals surface area contributed by atoms with Crippen molar-refractivity contribution in [3.63, 3.8) is 0 Å². The van der Waals surface area contributed by atoms with Gasteiger partial charge in [0.25, 0.3) is 0 Å². The van der Waals surface area contributed by atoms with E-state index in [2.05, 4.69) is 37.9 Å². The molecule has 20 heavy (non-hydrogen) atoms. The summed E-state index contributed by atoms with van der Waals surface area (Å²) in [6.45, 7) is 6.50. The lowest BCUT2D eigenvalue weighted by atomic mass is 9.92. The van der Waals surface area contributed by atoms with Gasteiger partial charge in [0.2, 0.25) is 0 Å². The summed E-state index contributed by atoms with van der Waals surface area (Å²) >= 11 is 0. The quantitative estimate of drug-likeness (QED) is 0.618. The average molecular weight is 267 g/mol. The molecule has 3 rings (SSSR count). The molecule has 102 valence electrons. The highest BCUT2D eigenvalue weighted by molar-refractivity contribution is 5.95. The molecule has 0 amide bonds. The van der Waals surface area contributed by atoms with Crippen molar-refractivity contribution in [3.8, 4) is 11.1 Å². The fourth-order valence-corrected chi connectivity index (χ4v) is 2.46.